The summed E-state index contributed by atoms with van der Waals surface area (Å²) in [5, 5.41) is 1.73. The van der Waals surface area contributed by atoms with E-state index in [0.717, 1.165) is 66.7 Å². The molecule has 5 nitrogen and oxygen atoms in total. The molecule has 0 spiro atoms. The van der Waals surface area contributed by atoms with Crippen LogP contribution in [0.5, 0.6) is 0 Å². The highest BCUT2D eigenvalue weighted by Gasteiger charge is 2.19. The third-order valence-corrected chi connectivity index (χ3v) is 7.28. The summed E-state index contributed by atoms with van der Waals surface area (Å²) in [4.78, 5) is 17.1. The number of aromatic nitrogens is 1. The van der Waals surface area contributed by atoms with Crippen molar-refractivity contribution in [2.45, 2.75) is 33.1 Å². The molecule has 7 heteroatoms. The van der Waals surface area contributed by atoms with E-state index in [1.54, 1.807) is 12.1 Å². The van der Waals surface area contributed by atoms with Crippen LogP contribution in [0.3, 0.4) is 0 Å². The maximum absolute atomic E-state index is 14.9. The Morgan fingerprint density at radius 1 is 0.973 bits per heavy atom. The summed E-state index contributed by atoms with van der Waals surface area (Å²) < 4.78 is 22.6. The van der Waals surface area contributed by atoms with Gasteiger partial charge in [-0.25, -0.2) is 9.18 Å². The molecule has 5 rings (SSSR count). The predicted molar refractivity (Wildman–Crippen MR) is 146 cm³/mol. The van der Waals surface area contributed by atoms with E-state index in [-0.39, 0.29) is 35.4 Å². The second-order valence-corrected chi connectivity index (χ2v) is 9.44. The molecule has 0 aliphatic carbocycles. The van der Waals surface area contributed by atoms with E-state index < -0.39 is 0 Å². The second-order valence-electron chi connectivity index (χ2n) is 9.44. The van der Waals surface area contributed by atoms with Crippen LogP contribution >= 0.6 is 0 Å². The average Bonchev–Trinajstić information content (AvgIpc) is 2.89. The van der Waals surface area contributed by atoms with Crippen molar-refractivity contribution in [2.75, 3.05) is 36.0 Å². The lowest BCUT2D eigenvalue weighted by Gasteiger charge is -2.29. The van der Waals surface area contributed by atoms with Gasteiger partial charge >= 0.3 is 5.63 Å². The van der Waals surface area contributed by atoms with Gasteiger partial charge in [0.05, 0.1) is 11.3 Å². The van der Waals surface area contributed by atoms with Gasteiger partial charge in [-0.15, -0.1) is 0 Å². The van der Waals surface area contributed by atoms with E-state index in [1.165, 1.54) is 6.42 Å². The molecule has 0 radical (unpaired) electrons. The van der Waals surface area contributed by atoms with Crippen molar-refractivity contribution < 1.29 is 37.4 Å². The fraction of sp³-hybridized carbons (Fsp3) is 0.333. The molecule has 1 aliphatic heterocycles. The number of benzene rings is 2. The zero-order chi connectivity index (χ0) is 25.2. The lowest BCUT2D eigenvalue weighted by atomic mass is 10.1. The Labute approximate surface area is 234 Å². The minimum Gasteiger partial charge on any atom is -1.00 e. The number of nitrogens with zero attached hydrogens (tertiary/aromatic N) is 3. The number of hydrogen-bond acceptors (Lipinski definition) is 4. The van der Waals surface area contributed by atoms with Gasteiger partial charge in [-0.05, 0) is 69.5 Å². The second kappa shape index (κ2) is 11.6. The first-order valence-corrected chi connectivity index (χ1v) is 12.9. The number of halogens is 2. The SMILES string of the molecule is CCN(CC)c1ccc2cc(/C=C/c3ccc4cc(F)c(N5CCCCC5)cc4[n+]3C)c(=O)oc2c1.[I-]. The van der Waals surface area contributed by atoms with Crippen LogP contribution in [-0.4, -0.2) is 26.2 Å². The van der Waals surface area contributed by atoms with Crippen LogP contribution in [0.25, 0.3) is 34.0 Å². The van der Waals surface area contributed by atoms with Gasteiger partial charge in [-0.3, -0.25) is 0 Å². The topological polar surface area (TPSA) is 40.6 Å². The molecular formula is C30H33FIN3O2. The van der Waals surface area contributed by atoms with Gasteiger partial charge in [0.15, 0.2) is 0 Å². The van der Waals surface area contributed by atoms with E-state index in [0.29, 0.717) is 16.8 Å². The van der Waals surface area contributed by atoms with Crippen LogP contribution in [-0.2, 0) is 7.05 Å². The Bertz CT molecular complexity index is 1500. The van der Waals surface area contributed by atoms with Crippen LogP contribution in [0.1, 0.15) is 44.4 Å². The molecule has 1 aliphatic rings. The van der Waals surface area contributed by atoms with Crippen LogP contribution in [0.4, 0.5) is 15.8 Å². The molecule has 3 heterocycles. The first kappa shape index (κ1) is 27.1. The summed E-state index contributed by atoms with van der Waals surface area (Å²) in [6.45, 7) is 7.77. The van der Waals surface area contributed by atoms with Gasteiger partial charge in [-0.1, -0.05) is 0 Å². The van der Waals surface area contributed by atoms with Crippen molar-refractivity contribution in [3.05, 3.63) is 76.0 Å². The fourth-order valence-electron chi connectivity index (χ4n) is 5.15. The number of rotatable bonds is 6. The summed E-state index contributed by atoms with van der Waals surface area (Å²) in [5.41, 5.74) is 4.29. The van der Waals surface area contributed by atoms with Crippen molar-refractivity contribution in [2.24, 2.45) is 7.05 Å². The van der Waals surface area contributed by atoms with Crippen molar-refractivity contribution in [3.63, 3.8) is 0 Å². The van der Waals surface area contributed by atoms with Gasteiger partial charge < -0.3 is 38.2 Å². The number of aryl methyl sites for hydroxylation is 1. The minimum absolute atomic E-state index is 0. The van der Waals surface area contributed by atoms with Crippen molar-refractivity contribution in [1.82, 2.24) is 0 Å². The van der Waals surface area contributed by atoms with Crippen molar-refractivity contribution in [1.29, 1.82) is 0 Å². The number of piperidine rings is 1. The molecule has 37 heavy (non-hydrogen) atoms. The number of hydrogen-bond donors (Lipinski definition) is 0. The zero-order valence-corrected chi connectivity index (χ0v) is 23.8. The number of pyridine rings is 1. The predicted octanol–water partition coefficient (Wildman–Crippen LogP) is 2.92. The van der Waals surface area contributed by atoms with Gasteiger partial charge in [0, 0.05) is 66.9 Å². The molecule has 4 aromatic rings. The summed E-state index contributed by atoms with van der Waals surface area (Å²) in [7, 11) is 1.97. The Morgan fingerprint density at radius 3 is 2.43 bits per heavy atom. The highest BCUT2D eigenvalue weighted by atomic mass is 127. The van der Waals surface area contributed by atoms with Crippen molar-refractivity contribution >= 4 is 45.4 Å². The maximum Gasteiger partial charge on any atom is 0.343 e. The zero-order valence-electron chi connectivity index (χ0n) is 21.6. The molecule has 2 aromatic heterocycles. The summed E-state index contributed by atoms with van der Waals surface area (Å²) in [6, 6.07) is 15.3. The first-order valence-electron chi connectivity index (χ1n) is 12.9. The van der Waals surface area contributed by atoms with E-state index in [2.05, 4.69) is 29.7 Å². The quantitative estimate of drug-likeness (QED) is 0.191. The van der Waals surface area contributed by atoms with E-state index in [4.69, 9.17) is 4.42 Å². The third-order valence-electron chi connectivity index (χ3n) is 7.28. The summed E-state index contributed by atoms with van der Waals surface area (Å²) in [5.74, 6) is -0.175. The van der Waals surface area contributed by atoms with Crippen LogP contribution in [0, 0.1) is 5.82 Å². The lowest BCUT2D eigenvalue weighted by Crippen LogP contribution is -3.00. The molecule has 1 saturated heterocycles. The molecule has 0 atom stereocenters. The standard InChI is InChI=1S/C30H33FN3O2.HI/c1-4-33(5-2)25-14-10-22-17-23(30(35)36-29(22)19-25)11-13-24-12-9-21-18-26(31)28(20-27(21)32(24)3)34-15-7-6-8-16-34;/h9-14,17-20H,4-8,15-16H2,1-3H3;1H/q+1;/p-1. The highest BCUT2D eigenvalue weighted by molar-refractivity contribution is 5.84. The Balaban J connectivity index is 0.00000320. The highest BCUT2D eigenvalue weighted by Crippen LogP contribution is 2.27. The molecule has 2 aromatic carbocycles. The summed E-state index contributed by atoms with van der Waals surface area (Å²) >= 11 is 0. The molecule has 1 fully saturated rings. The van der Waals surface area contributed by atoms with E-state index in [9.17, 15) is 9.18 Å². The Hall–Kier alpha value is -2.94. The average molecular weight is 614 g/mol. The largest absolute Gasteiger partial charge is 1.00 e. The molecule has 0 N–H and O–H groups in total. The molecule has 0 saturated carbocycles. The smallest absolute Gasteiger partial charge is 0.343 e. The Kier molecular flexibility index (Phi) is 8.52. The molecular weight excluding hydrogens is 580 g/mol. The molecule has 194 valence electrons. The normalized spacial score (nSPS) is 13.9. The maximum atomic E-state index is 14.9. The van der Waals surface area contributed by atoms with E-state index >= 15 is 0 Å². The van der Waals surface area contributed by atoms with Gasteiger partial charge in [0.1, 0.15) is 18.4 Å². The van der Waals surface area contributed by atoms with Crippen LogP contribution in [0.15, 0.2) is 57.7 Å². The summed E-state index contributed by atoms with van der Waals surface area (Å²) in [6.07, 6.45) is 7.09. The van der Waals surface area contributed by atoms with Crippen LogP contribution in [0.2, 0.25) is 0 Å². The molecule has 0 unspecified atom stereocenters. The number of fused-ring (bicyclic) bond motifs is 2. The van der Waals surface area contributed by atoms with E-state index in [1.807, 2.05) is 54.1 Å². The Morgan fingerprint density at radius 2 is 1.70 bits per heavy atom. The monoisotopic (exact) mass is 613 g/mol. The molecule has 0 amide bonds. The van der Waals surface area contributed by atoms with Gasteiger partial charge in [0.25, 0.3) is 0 Å². The number of anilines is 2. The molecule has 0 bridgehead atoms. The van der Waals surface area contributed by atoms with Crippen LogP contribution < -0.4 is 44.0 Å². The fourth-order valence-corrected chi connectivity index (χ4v) is 5.15. The minimum atomic E-state index is -0.367. The van der Waals surface area contributed by atoms with Gasteiger partial charge in [-0.2, -0.15) is 4.57 Å². The lowest BCUT2D eigenvalue weighted by molar-refractivity contribution is -0.646. The van der Waals surface area contributed by atoms with Crippen molar-refractivity contribution in [3.8, 4) is 0 Å². The third kappa shape index (κ3) is 5.51. The van der Waals surface area contributed by atoms with Gasteiger partial charge in [0.2, 0.25) is 11.2 Å². The first-order chi connectivity index (χ1) is 17.5.